The van der Waals surface area contributed by atoms with Gasteiger partial charge in [-0.2, -0.15) is 12.6 Å². The van der Waals surface area contributed by atoms with Crippen molar-refractivity contribution in [3.8, 4) is 0 Å². The summed E-state index contributed by atoms with van der Waals surface area (Å²) in [6.07, 6.45) is 0. The molecule has 0 aliphatic carbocycles. The highest BCUT2D eigenvalue weighted by molar-refractivity contribution is 9.10. The number of thiol groups is 1. The van der Waals surface area contributed by atoms with Crippen LogP contribution in [0.25, 0.3) is 0 Å². The highest BCUT2D eigenvalue weighted by Gasteiger charge is 2.10. The van der Waals surface area contributed by atoms with E-state index in [1.54, 1.807) is 6.92 Å². The maximum absolute atomic E-state index is 12.8. The number of halogens is 2. The summed E-state index contributed by atoms with van der Waals surface area (Å²) < 4.78 is 13.4. The van der Waals surface area contributed by atoms with Crippen molar-refractivity contribution >= 4 is 40.2 Å². The second-order valence-corrected chi connectivity index (χ2v) is 4.42. The molecule has 0 aliphatic rings. The van der Waals surface area contributed by atoms with Gasteiger partial charge in [0.15, 0.2) is 0 Å². The fourth-order valence-electron chi connectivity index (χ4n) is 0.830. The monoisotopic (exact) mass is 277 g/mol. The van der Waals surface area contributed by atoms with Crippen LogP contribution in [0.5, 0.6) is 0 Å². The third kappa shape index (κ3) is 2.99. The van der Waals surface area contributed by atoms with E-state index in [0.29, 0.717) is 10.2 Å². The van der Waals surface area contributed by atoms with Gasteiger partial charge in [0.1, 0.15) is 5.82 Å². The van der Waals surface area contributed by atoms with Crippen LogP contribution in [0.4, 0.5) is 10.1 Å². The molecular weight excluding hydrogens is 269 g/mol. The van der Waals surface area contributed by atoms with Crippen LogP contribution in [0.15, 0.2) is 22.7 Å². The second-order valence-electron chi connectivity index (χ2n) is 2.79. The third-order valence-electron chi connectivity index (χ3n) is 1.57. The van der Waals surface area contributed by atoms with Crippen molar-refractivity contribution in [3.63, 3.8) is 0 Å². The molecule has 0 aliphatic heterocycles. The molecule has 0 saturated heterocycles. The summed E-state index contributed by atoms with van der Waals surface area (Å²) in [6.45, 7) is 1.64. The Morgan fingerprint density at radius 3 is 2.86 bits per heavy atom. The minimum absolute atomic E-state index is 0.264. The number of hydrogen-bond donors (Lipinski definition) is 2. The minimum Gasteiger partial charge on any atom is -0.324 e. The van der Waals surface area contributed by atoms with Gasteiger partial charge in [0, 0.05) is 4.47 Å². The fraction of sp³-hybridized carbons (Fsp3) is 0.222. The SMILES string of the molecule is CC(S)C(=O)Nc1cc(F)ccc1Br. The lowest BCUT2D eigenvalue weighted by molar-refractivity contribution is -0.115. The van der Waals surface area contributed by atoms with E-state index in [4.69, 9.17) is 0 Å². The van der Waals surface area contributed by atoms with Crippen molar-refractivity contribution in [3.05, 3.63) is 28.5 Å². The molecule has 0 saturated carbocycles. The molecule has 1 rings (SSSR count). The summed E-state index contributed by atoms with van der Waals surface area (Å²) in [5, 5.41) is 2.12. The molecule has 0 spiro atoms. The lowest BCUT2D eigenvalue weighted by Gasteiger charge is -2.08. The molecule has 76 valence electrons. The number of rotatable bonds is 2. The van der Waals surface area contributed by atoms with Crippen LogP contribution in [0.2, 0.25) is 0 Å². The highest BCUT2D eigenvalue weighted by Crippen LogP contribution is 2.23. The molecule has 5 heteroatoms. The largest absolute Gasteiger partial charge is 0.324 e. The Hall–Kier alpha value is -0.550. The smallest absolute Gasteiger partial charge is 0.236 e. The Bertz CT molecular complexity index is 357. The molecule has 1 amide bonds. The Morgan fingerprint density at radius 1 is 1.64 bits per heavy atom. The van der Waals surface area contributed by atoms with Gasteiger partial charge in [-0.05, 0) is 41.1 Å². The van der Waals surface area contributed by atoms with Crippen LogP contribution in [0, 0.1) is 5.82 Å². The first-order valence-electron chi connectivity index (χ1n) is 3.94. The molecule has 0 heterocycles. The zero-order valence-electron chi connectivity index (χ0n) is 7.42. The van der Waals surface area contributed by atoms with Crippen molar-refractivity contribution in [1.82, 2.24) is 0 Å². The van der Waals surface area contributed by atoms with Gasteiger partial charge in [0.2, 0.25) is 5.91 Å². The molecule has 2 nitrogen and oxygen atoms in total. The summed E-state index contributed by atoms with van der Waals surface area (Å²) in [6, 6.07) is 4.09. The lowest BCUT2D eigenvalue weighted by Crippen LogP contribution is -2.20. The average Bonchev–Trinajstić information content (AvgIpc) is 2.11. The Kier molecular flexibility index (Phi) is 3.95. The molecule has 0 bridgehead atoms. The molecule has 0 fully saturated rings. The van der Waals surface area contributed by atoms with E-state index < -0.39 is 11.1 Å². The lowest BCUT2D eigenvalue weighted by atomic mass is 10.3. The maximum atomic E-state index is 12.8. The van der Waals surface area contributed by atoms with Crippen LogP contribution in [-0.2, 0) is 4.79 Å². The summed E-state index contributed by atoms with van der Waals surface area (Å²) in [4.78, 5) is 11.2. The van der Waals surface area contributed by atoms with Crippen molar-refractivity contribution < 1.29 is 9.18 Å². The van der Waals surface area contributed by atoms with E-state index in [0.717, 1.165) is 0 Å². The van der Waals surface area contributed by atoms with E-state index in [-0.39, 0.29) is 5.91 Å². The van der Waals surface area contributed by atoms with E-state index >= 15 is 0 Å². The van der Waals surface area contributed by atoms with Crippen LogP contribution in [0.1, 0.15) is 6.92 Å². The number of carbonyl (C=O) groups is 1. The molecule has 1 aromatic rings. The number of hydrogen-bond acceptors (Lipinski definition) is 2. The van der Waals surface area contributed by atoms with Crippen molar-refractivity contribution in [2.75, 3.05) is 5.32 Å². The summed E-state index contributed by atoms with van der Waals surface area (Å²) in [5.41, 5.74) is 0.413. The van der Waals surface area contributed by atoms with Crippen LogP contribution < -0.4 is 5.32 Å². The predicted molar refractivity (Wildman–Crippen MR) is 61.2 cm³/mol. The number of benzene rings is 1. The van der Waals surface area contributed by atoms with Gasteiger partial charge in [0.25, 0.3) is 0 Å². The standard InChI is InChI=1S/C9H9BrFNOS/c1-5(14)9(13)12-8-4-6(11)2-3-7(8)10/h2-5,14H,1H3,(H,12,13). The molecule has 0 aromatic heterocycles. The number of amides is 1. The van der Waals surface area contributed by atoms with Crippen molar-refractivity contribution in [2.24, 2.45) is 0 Å². The molecule has 1 N–H and O–H groups in total. The summed E-state index contributed by atoms with van der Waals surface area (Å²) >= 11 is 7.16. The number of anilines is 1. The first kappa shape index (κ1) is 11.5. The minimum atomic E-state index is -0.426. The Labute approximate surface area is 95.4 Å². The van der Waals surface area contributed by atoms with E-state index in [2.05, 4.69) is 33.9 Å². The molecule has 14 heavy (non-hydrogen) atoms. The maximum Gasteiger partial charge on any atom is 0.236 e. The van der Waals surface area contributed by atoms with Crippen LogP contribution >= 0.6 is 28.6 Å². The van der Waals surface area contributed by atoms with Gasteiger partial charge in [0.05, 0.1) is 10.9 Å². The van der Waals surface area contributed by atoms with E-state index in [1.807, 2.05) is 0 Å². The zero-order chi connectivity index (χ0) is 10.7. The van der Waals surface area contributed by atoms with Crippen molar-refractivity contribution in [2.45, 2.75) is 12.2 Å². The summed E-state index contributed by atoms with van der Waals surface area (Å²) in [7, 11) is 0. The van der Waals surface area contributed by atoms with Crippen molar-refractivity contribution in [1.29, 1.82) is 0 Å². The highest BCUT2D eigenvalue weighted by atomic mass is 79.9. The number of nitrogens with one attached hydrogen (secondary N) is 1. The molecular formula is C9H9BrFNOS. The molecule has 0 radical (unpaired) electrons. The van der Waals surface area contributed by atoms with Gasteiger partial charge in [-0.15, -0.1) is 0 Å². The van der Waals surface area contributed by atoms with Crippen LogP contribution in [0.3, 0.4) is 0 Å². The predicted octanol–water partition coefficient (Wildman–Crippen LogP) is 2.85. The van der Waals surface area contributed by atoms with Gasteiger partial charge >= 0.3 is 0 Å². The summed E-state index contributed by atoms with van der Waals surface area (Å²) in [5.74, 6) is -0.657. The second kappa shape index (κ2) is 4.79. The number of carbonyl (C=O) groups excluding carboxylic acids is 1. The molecule has 1 aromatic carbocycles. The van der Waals surface area contributed by atoms with Crippen LogP contribution in [-0.4, -0.2) is 11.2 Å². The Balaban J connectivity index is 2.86. The van der Waals surface area contributed by atoms with Gasteiger partial charge < -0.3 is 5.32 Å². The third-order valence-corrected chi connectivity index (χ3v) is 2.49. The first-order chi connectivity index (χ1) is 6.50. The van der Waals surface area contributed by atoms with Gasteiger partial charge in [-0.1, -0.05) is 0 Å². The van der Waals surface area contributed by atoms with E-state index in [9.17, 15) is 9.18 Å². The first-order valence-corrected chi connectivity index (χ1v) is 5.25. The topological polar surface area (TPSA) is 29.1 Å². The van der Waals surface area contributed by atoms with E-state index in [1.165, 1.54) is 18.2 Å². The van der Waals surface area contributed by atoms with Gasteiger partial charge in [-0.25, -0.2) is 4.39 Å². The zero-order valence-corrected chi connectivity index (χ0v) is 9.90. The Morgan fingerprint density at radius 2 is 2.29 bits per heavy atom. The molecule has 1 atom stereocenters. The normalized spacial score (nSPS) is 12.3. The molecule has 1 unspecified atom stereocenters. The quantitative estimate of drug-likeness (QED) is 0.800. The fourth-order valence-corrected chi connectivity index (χ4v) is 1.24. The van der Waals surface area contributed by atoms with Gasteiger partial charge in [-0.3, -0.25) is 4.79 Å². The average molecular weight is 278 g/mol.